The first kappa shape index (κ1) is 15.7. The predicted molar refractivity (Wildman–Crippen MR) is 87.1 cm³/mol. The van der Waals surface area contributed by atoms with Gasteiger partial charge in [-0.05, 0) is 32.0 Å². The third-order valence-corrected chi connectivity index (χ3v) is 4.10. The summed E-state index contributed by atoms with van der Waals surface area (Å²) in [6.45, 7) is 4.85. The second kappa shape index (κ2) is 6.50. The second-order valence-electron chi connectivity index (χ2n) is 6.06. The van der Waals surface area contributed by atoms with Gasteiger partial charge in [0.25, 0.3) is 0 Å². The summed E-state index contributed by atoms with van der Waals surface area (Å²) in [4.78, 5) is 16.5. The zero-order valence-electron chi connectivity index (χ0n) is 13.8. The molecule has 0 unspecified atom stereocenters. The van der Waals surface area contributed by atoms with Crippen LogP contribution in [0, 0.1) is 0 Å². The van der Waals surface area contributed by atoms with Crippen LogP contribution in [-0.4, -0.2) is 40.6 Å². The van der Waals surface area contributed by atoms with Gasteiger partial charge in [0.1, 0.15) is 0 Å². The van der Waals surface area contributed by atoms with Gasteiger partial charge < -0.3 is 9.32 Å². The Morgan fingerprint density at radius 2 is 2.09 bits per heavy atom. The molecule has 3 rings (SSSR count). The van der Waals surface area contributed by atoms with Crippen molar-refractivity contribution < 1.29 is 9.21 Å². The number of amides is 1. The normalized spacial score (nSPS) is 16.9. The van der Waals surface area contributed by atoms with E-state index in [4.69, 9.17) is 4.42 Å². The average Bonchev–Trinajstić information content (AvgIpc) is 3.09. The predicted octanol–water partition coefficient (Wildman–Crippen LogP) is 2.04. The highest BCUT2D eigenvalue weighted by Crippen LogP contribution is 2.31. The molecule has 6 nitrogen and oxygen atoms in total. The number of benzene rings is 1. The molecule has 6 heteroatoms. The molecule has 1 aliphatic heterocycles. The highest BCUT2D eigenvalue weighted by molar-refractivity contribution is 5.97. The first-order valence-electron chi connectivity index (χ1n) is 7.98. The van der Waals surface area contributed by atoms with Crippen molar-refractivity contribution in [2.45, 2.75) is 39.3 Å². The molecule has 0 radical (unpaired) electrons. The minimum absolute atomic E-state index is 0.0974. The standard InChI is InChI=1S/C17H22N4O2/c1-4-15-18-19-16(23-15)10-20(3)11-17(22)21-12(2)9-13-7-5-6-8-14(13)21/h5-8,12H,4,9-11H2,1-3H3/t12-/m1/s1. The van der Waals surface area contributed by atoms with Gasteiger partial charge in [-0.2, -0.15) is 0 Å². The number of carbonyl (C=O) groups is 1. The van der Waals surface area contributed by atoms with Crippen molar-refractivity contribution in [2.75, 3.05) is 18.5 Å². The zero-order chi connectivity index (χ0) is 16.4. The lowest BCUT2D eigenvalue weighted by Gasteiger charge is -2.25. The second-order valence-corrected chi connectivity index (χ2v) is 6.06. The molecule has 0 spiro atoms. The minimum Gasteiger partial charge on any atom is -0.424 e. The van der Waals surface area contributed by atoms with Gasteiger partial charge in [-0.1, -0.05) is 25.1 Å². The van der Waals surface area contributed by atoms with Gasteiger partial charge in [-0.15, -0.1) is 10.2 Å². The van der Waals surface area contributed by atoms with E-state index in [2.05, 4.69) is 23.2 Å². The number of para-hydroxylation sites is 1. The highest BCUT2D eigenvalue weighted by atomic mass is 16.4. The molecule has 1 aromatic heterocycles. The van der Waals surface area contributed by atoms with Crippen molar-refractivity contribution in [1.29, 1.82) is 0 Å². The Kier molecular flexibility index (Phi) is 4.43. The van der Waals surface area contributed by atoms with Gasteiger partial charge in [-0.3, -0.25) is 9.69 Å². The van der Waals surface area contributed by atoms with Crippen molar-refractivity contribution in [3.05, 3.63) is 41.6 Å². The zero-order valence-corrected chi connectivity index (χ0v) is 13.8. The maximum Gasteiger partial charge on any atom is 0.241 e. The van der Waals surface area contributed by atoms with E-state index < -0.39 is 0 Å². The summed E-state index contributed by atoms with van der Waals surface area (Å²) < 4.78 is 5.50. The number of anilines is 1. The van der Waals surface area contributed by atoms with E-state index in [1.807, 2.05) is 42.0 Å². The van der Waals surface area contributed by atoms with Crippen molar-refractivity contribution in [3.63, 3.8) is 0 Å². The number of nitrogens with zero attached hydrogens (tertiary/aromatic N) is 4. The topological polar surface area (TPSA) is 62.5 Å². The van der Waals surface area contributed by atoms with Crippen LogP contribution in [0.25, 0.3) is 0 Å². The third kappa shape index (κ3) is 3.27. The van der Waals surface area contributed by atoms with Gasteiger partial charge in [0, 0.05) is 18.2 Å². The number of carbonyl (C=O) groups excluding carboxylic acids is 1. The van der Waals surface area contributed by atoms with Gasteiger partial charge >= 0.3 is 0 Å². The van der Waals surface area contributed by atoms with E-state index in [-0.39, 0.29) is 11.9 Å². The molecular formula is C17H22N4O2. The minimum atomic E-state index is 0.0974. The van der Waals surface area contributed by atoms with Gasteiger partial charge in [0.15, 0.2) is 0 Å². The molecule has 2 heterocycles. The molecule has 1 atom stereocenters. The molecular weight excluding hydrogens is 292 g/mol. The summed E-state index contributed by atoms with van der Waals surface area (Å²) in [7, 11) is 1.89. The lowest BCUT2D eigenvalue weighted by molar-refractivity contribution is -0.119. The fraction of sp³-hybridized carbons (Fsp3) is 0.471. The smallest absolute Gasteiger partial charge is 0.241 e. The highest BCUT2D eigenvalue weighted by Gasteiger charge is 2.30. The SMILES string of the molecule is CCc1nnc(CN(C)CC(=O)N2c3ccccc3C[C@H]2C)o1. The summed E-state index contributed by atoms with van der Waals surface area (Å²) in [5.41, 5.74) is 2.27. The molecule has 0 fully saturated rings. The van der Waals surface area contributed by atoms with E-state index in [0.717, 1.165) is 18.5 Å². The lowest BCUT2D eigenvalue weighted by Crippen LogP contribution is -2.42. The molecule has 122 valence electrons. The fourth-order valence-electron chi connectivity index (χ4n) is 3.03. The fourth-order valence-corrected chi connectivity index (χ4v) is 3.03. The van der Waals surface area contributed by atoms with Gasteiger partial charge in [0.2, 0.25) is 17.7 Å². The number of hydrogen-bond donors (Lipinski definition) is 0. The first-order chi connectivity index (χ1) is 11.1. The molecule has 1 aromatic carbocycles. The van der Waals surface area contributed by atoms with Gasteiger partial charge in [-0.25, -0.2) is 0 Å². The van der Waals surface area contributed by atoms with Crippen LogP contribution in [-0.2, 0) is 24.2 Å². The third-order valence-electron chi connectivity index (χ3n) is 4.10. The van der Waals surface area contributed by atoms with Crippen LogP contribution < -0.4 is 4.90 Å². The summed E-state index contributed by atoms with van der Waals surface area (Å²) in [5, 5.41) is 7.95. The number of fused-ring (bicyclic) bond motifs is 1. The Morgan fingerprint density at radius 3 is 2.83 bits per heavy atom. The van der Waals surface area contributed by atoms with E-state index in [9.17, 15) is 4.79 Å². The Balaban J connectivity index is 1.64. The van der Waals surface area contributed by atoms with Crippen molar-refractivity contribution in [2.24, 2.45) is 0 Å². The number of rotatable bonds is 5. The summed E-state index contributed by atoms with van der Waals surface area (Å²) >= 11 is 0. The molecule has 0 saturated heterocycles. The Bertz CT molecular complexity index is 697. The number of aryl methyl sites for hydroxylation is 1. The Morgan fingerprint density at radius 1 is 1.35 bits per heavy atom. The Labute approximate surface area is 136 Å². The molecule has 0 aliphatic carbocycles. The van der Waals surface area contributed by atoms with Crippen LogP contribution in [0.2, 0.25) is 0 Å². The maximum atomic E-state index is 12.7. The van der Waals surface area contributed by atoms with Crippen LogP contribution in [0.1, 0.15) is 31.2 Å². The van der Waals surface area contributed by atoms with Crippen LogP contribution in [0.3, 0.4) is 0 Å². The molecule has 0 bridgehead atoms. The van der Waals surface area contributed by atoms with E-state index >= 15 is 0 Å². The van der Waals surface area contributed by atoms with Crippen molar-refractivity contribution in [3.8, 4) is 0 Å². The molecule has 0 N–H and O–H groups in total. The first-order valence-corrected chi connectivity index (χ1v) is 7.98. The molecule has 2 aromatic rings. The maximum absolute atomic E-state index is 12.7. The number of aromatic nitrogens is 2. The van der Waals surface area contributed by atoms with E-state index in [1.54, 1.807) is 0 Å². The average molecular weight is 314 g/mol. The number of likely N-dealkylation sites (N-methyl/N-ethyl adjacent to an activating group) is 1. The van der Waals surface area contributed by atoms with Crippen LogP contribution in [0.4, 0.5) is 5.69 Å². The van der Waals surface area contributed by atoms with E-state index in [1.165, 1.54) is 5.56 Å². The lowest BCUT2D eigenvalue weighted by atomic mass is 10.1. The summed E-state index contributed by atoms with van der Waals surface area (Å²) in [6.07, 6.45) is 1.63. The summed E-state index contributed by atoms with van der Waals surface area (Å²) in [5.74, 6) is 1.27. The van der Waals surface area contributed by atoms with Crippen LogP contribution in [0.15, 0.2) is 28.7 Å². The van der Waals surface area contributed by atoms with E-state index in [0.29, 0.717) is 24.9 Å². The van der Waals surface area contributed by atoms with Crippen LogP contribution >= 0.6 is 0 Å². The molecule has 1 aliphatic rings. The quantitative estimate of drug-likeness (QED) is 0.845. The van der Waals surface area contributed by atoms with Crippen molar-refractivity contribution in [1.82, 2.24) is 15.1 Å². The monoisotopic (exact) mass is 314 g/mol. The largest absolute Gasteiger partial charge is 0.424 e. The molecule has 1 amide bonds. The number of hydrogen-bond acceptors (Lipinski definition) is 5. The van der Waals surface area contributed by atoms with Crippen LogP contribution in [0.5, 0.6) is 0 Å². The van der Waals surface area contributed by atoms with Crippen molar-refractivity contribution >= 4 is 11.6 Å². The molecule has 0 saturated carbocycles. The Hall–Kier alpha value is -2.21. The van der Waals surface area contributed by atoms with Gasteiger partial charge in [0.05, 0.1) is 13.1 Å². The summed E-state index contributed by atoms with van der Waals surface area (Å²) in [6, 6.07) is 8.30. The molecule has 23 heavy (non-hydrogen) atoms.